The second-order valence-electron chi connectivity index (χ2n) is 4.16. The van der Waals surface area contributed by atoms with E-state index in [1.54, 1.807) is 14.2 Å². The van der Waals surface area contributed by atoms with Crippen LogP contribution in [0.4, 0.5) is 5.69 Å². The van der Waals surface area contributed by atoms with E-state index in [1.165, 1.54) is 0 Å². The van der Waals surface area contributed by atoms with Crippen molar-refractivity contribution in [3.63, 3.8) is 0 Å². The molecule has 0 aliphatic carbocycles. The molecule has 0 aromatic heterocycles. The van der Waals surface area contributed by atoms with Crippen LogP contribution in [-0.2, 0) is 6.54 Å². The molecule has 0 spiro atoms. The smallest absolute Gasteiger partial charge is 0.127 e. The molecule has 20 heavy (non-hydrogen) atoms. The van der Waals surface area contributed by atoms with Crippen LogP contribution in [0.15, 0.2) is 36.4 Å². The van der Waals surface area contributed by atoms with Gasteiger partial charge < -0.3 is 14.8 Å². The van der Waals surface area contributed by atoms with E-state index in [4.69, 9.17) is 21.1 Å². The van der Waals surface area contributed by atoms with Crippen LogP contribution in [0, 0.1) is 3.57 Å². The molecular weight excluding hydrogens is 389 g/mol. The van der Waals surface area contributed by atoms with Crippen molar-refractivity contribution >= 4 is 39.9 Å². The number of nitrogens with one attached hydrogen (secondary N) is 1. The molecule has 0 saturated heterocycles. The Bertz CT molecular complexity index is 604. The largest absolute Gasteiger partial charge is 0.497 e. The number of hydrogen-bond donors (Lipinski definition) is 1. The van der Waals surface area contributed by atoms with Crippen molar-refractivity contribution in [2.24, 2.45) is 0 Å². The molecule has 0 fully saturated rings. The summed E-state index contributed by atoms with van der Waals surface area (Å²) in [5, 5.41) is 4.12. The Kier molecular flexibility index (Phi) is 5.37. The van der Waals surface area contributed by atoms with Crippen molar-refractivity contribution in [2.75, 3.05) is 19.5 Å². The van der Waals surface area contributed by atoms with Crippen LogP contribution in [-0.4, -0.2) is 14.2 Å². The van der Waals surface area contributed by atoms with Gasteiger partial charge >= 0.3 is 0 Å². The van der Waals surface area contributed by atoms with Gasteiger partial charge in [0.05, 0.1) is 14.2 Å². The summed E-state index contributed by atoms with van der Waals surface area (Å²) < 4.78 is 11.7. The van der Waals surface area contributed by atoms with Gasteiger partial charge in [-0.3, -0.25) is 0 Å². The van der Waals surface area contributed by atoms with Crippen molar-refractivity contribution in [2.45, 2.75) is 6.54 Å². The fourth-order valence-corrected chi connectivity index (χ4v) is 2.88. The highest BCUT2D eigenvalue weighted by molar-refractivity contribution is 14.1. The molecule has 3 nitrogen and oxygen atoms in total. The minimum absolute atomic E-state index is 0.671. The van der Waals surface area contributed by atoms with Gasteiger partial charge in [-0.1, -0.05) is 11.6 Å². The molecule has 0 bridgehead atoms. The molecule has 2 aromatic rings. The number of methoxy groups -OCH3 is 2. The molecule has 1 N–H and O–H groups in total. The summed E-state index contributed by atoms with van der Waals surface area (Å²) in [5.74, 6) is 1.59. The van der Waals surface area contributed by atoms with Crippen molar-refractivity contribution in [3.05, 3.63) is 50.6 Å². The zero-order valence-electron chi connectivity index (χ0n) is 11.2. The van der Waals surface area contributed by atoms with Crippen molar-refractivity contribution in [1.29, 1.82) is 0 Å². The van der Waals surface area contributed by atoms with E-state index in [0.29, 0.717) is 6.54 Å². The SMILES string of the molecule is COc1ccc(CNc2ccc(Cl)cc2I)c(OC)c1. The number of rotatable bonds is 5. The molecule has 0 aliphatic heterocycles. The standard InChI is InChI=1S/C15H15ClINO2/c1-19-12-5-3-10(15(8-12)20-2)9-18-14-6-4-11(16)7-13(14)17/h3-8,18H,9H2,1-2H3. The van der Waals surface area contributed by atoms with Crippen molar-refractivity contribution in [3.8, 4) is 11.5 Å². The predicted molar refractivity (Wildman–Crippen MR) is 91.0 cm³/mol. The topological polar surface area (TPSA) is 30.5 Å². The van der Waals surface area contributed by atoms with Gasteiger partial charge in [0.15, 0.2) is 0 Å². The second kappa shape index (κ2) is 7.04. The van der Waals surface area contributed by atoms with Gasteiger partial charge in [0.1, 0.15) is 11.5 Å². The summed E-state index contributed by atoms with van der Waals surface area (Å²) in [5.41, 5.74) is 2.12. The van der Waals surface area contributed by atoms with Gasteiger partial charge in [0.2, 0.25) is 0 Å². The molecule has 106 valence electrons. The van der Waals surface area contributed by atoms with Gasteiger partial charge in [-0.2, -0.15) is 0 Å². The number of hydrogen-bond acceptors (Lipinski definition) is 3. The maximum atomic E-state index is 5.95. The Morgan fingerprint density at radius 2 is 1.90 bits per heavy atom. The van der Waals surface area contributed by atoms with Crippen LogP contribution < -0.4 is 14.8 Å². The van der Waals surface area contributed by atoms with Gasteiger partial charge in [-0.05, 0) is 52.9 Å². The average molecular weight is 404 g/mol. The third-order valence-electron chi connectivity index (χ3n) is 2.89. The van der Waals surface area contributed by atoms with Gasteiger partial charge in [-0.15, -0.1) is 0 Å². The second-order valence-corrected chi connectivity index (χ2v) is 5.75. The van der Waals surface area contributed by atoms with Crippen LogP contribution >= 0.6 is 34.2 Å². The zero-order valence-corrected chi connectivity index (χ0v) is 14.2. The van der Waals surface area contributed by atoms with Crippen LogP contribution in [0.3, 0.4) is 0 Å². The summed E-state index contributed by atoms with van der Waals surface area (Å²) in [4.78, 5) is 0. The maximum Gasteiger partial charge on any atom is 0.127 e. The first-order chi connectivity index (χ1) is 9.63. The quantitative estimate of drug-likeness (QED) is 0.742. The molecular formula is C15H15ClINO2. The van der Waals surface area contributed by atoms with E-state index in [2.05, 4.69) is 27.9 Å². The zero-order chi connectivity index (χ0) is 14.5. The fraction of sp³-hybridized carbons (Fsp3) is 0.200. The number of benzene rings is 2. The minimum atomic E-state index is 0.671. The van der Waals surface area contributed by atoms with Gasteiger partial charge in [0, 0.05) is 32.5 Å². The van der Waals surface area contributed by atoms with Gasteiger partial charge in [-0.25, -0.2) is 0 Å². The third-order valence-corrected chi connectivity index (χ3v) is 4.02. The fourth-order valence-electron chi connectivity index (χ4n) is 1.82. The predicted octanol–water partition coefficient (Wildman–Crippen LogP) is 4.57. The lowest BCUT2D eigenvalue weighted by Crippen LogP contribution is -2.03. The first-order valence-electron chi connectivity index (χ1n) is 6.04. The molecule has 0 aliphatic rings. The first kappa shape index (κ1) is 15.3. The Hall–Kier alpha value is -1.14. The lowest BCUT2D eigenvalue weighted by molar-refractivity contribution is 0.391. The van der Waals surface area contributed by atoms with E-state index in [-0.39, 0.29) is 0 Å². The summed E-state index contributed by atoms with van der Waals surface area (Å²) in [6.45, 7) is 0.671. The monoisotopic (exact) mass is 403 g/mol. The van der Waals surface area contributed by atoms with E-state index >= 15 is 0 Å². The van der Waals surface area contributed by atoms with E-state index in [0.717, 1.165) is 31.3 Å². The lowest BCUT2D eigenvalue weighted by atomic mass is 10.2. The molecule has 2 rings (SSSR count). The maximum absolute atomic E-state index is 5.95. The first-order valence-corrected chi connectivity index (χ1v) is 7.49. The Morgan fingerprint density at radius 3 is 2.55 bits per heavy atom. The molecule has 0 saturated carbocycles. The molecule has 0 amide bonds. The number of ether oxygens (including phenoxy) is 2. The highest BCUT2D eigenvalue weighted by atomic mass is 127. The van der Waals surface area contributed by atoms with Crippen LogP contribution in [0.5, 0.6) is 11.5 Å². The molecule has 5 heteroatoms. The van der Waals surface area contributed by atoms with Crippen LogP contribution in [0.25, 0.3) is 0 Å². The van der Waals surface area contributed by atoms with Crippen LogP contribution in [0.2, 0.25) is 5.02 Å². The summed E-state index contributed by atoms with van der Waals surface area (Å²) in [6.07, 6.45) is 0. The molecule has 0 heterocycles. The molecule has 2 aromatic carbocycles. The molecule has 0 atom stereocenters. The Balaban J connectivity index is 2.14. The molecule has 0 radical (unpaired) electrons. The van der Waals surface area contributed by atoms with Crippen molar-refractivity contribution < 1.29 is 9.47 Å². The Labute approximate surface area is 137 Å². The lowest BCUT2D eigenvalue weighted by Gasteiger charge is -2.13. The summed E-state index contributed by atoms with van der Waals surface area (Å²) in [7, 11) is 3.30. The van der Waals surface area contributed by atoms with E-state index < -0.39 is 0 Å². The van der Waals surface area contributed by atoms with Crippen LogP contribution in [0.1, 0.15) is 5.56 Å². The van der Waals surface area contributed by atoms with E-state index in [9.17, 15) is 0 Å². The number of halogens is 2. The summed E-state index contributed by atoms with van der Waals surface area (Å²) in [6, 6.07) is 11.6. The highest BCUT2D eigenvalue weighted by Crippen LogP contribution is 2.27. The Morgan fingerprint density at radius 1 is 1.10 bits per heavy atom. The number of anilines is 1. The third kappa shape index (κ3) is 3.70. The van der Waals surface area contributed by atoms with Crippen molar-refractivity contribution in [1.82, 2.24) is 0 Å². The summed E-state index contributed by atoms with van der Waals surface area (Å²) >= 11 is 8.21. The van der Waals surface area contributed by atoms with E-state index in [1.807, 2.05) is 36.4 Å². The normalized spacial score (nSPS) is 10.2. The minimum Gasteiger partial charge on any atom is -0.497 e. The molecule has 0 unspecified atom stereocenters. The highest BCUT2D eigenvalue weighted by Gasteiger charge is 2.06. The average Bonchev–Trinajstić information content (AvgIpc) is 2.46. The van der Waals surface area contributed by atoms with Gasteiger partial charge in [0.25, 0.3) is 0 Å².